The van der Waals surface area contributed by atoms with E-state index in [2.05, 4.69) is 218 Å². The van der Waals surface area contributed by atoms with Crippen LogP contribution in [0.2, 0.25) is 0 Å². The quantitative estimate of drug-likeness (QED) is 0.158. The van der Waals surface area contributed by atoms with Crippen molar-refractivity contribution in [1.82, 2.24) is 15.0 Å². The predicted octanol–water partition coefficient (Wildman–Crippen LogP) is 15.6. The van der Waals surface area contributed by atoms with E-state index in [0.717, 1.165) is 83.1 Å². The zero-order chi connectivity index (χ0) is 41.0. The van der Waals surface area contributed by atoms with E-state index >= 15 is 0 Å². The van der Waals surface area contributed by atoms with Gasteiger partial charge in [0.15, 0.2) is 5.82 Å². The third-order valence-electron chi connectivity index (χ3n) is 12.3. The summed E-state index contributed by atoms with van der Waals surface area (Å²) in [4.78, 5) is 15.9. The smallest absolute Gasteiger partial charge is 0.161 e. The summed E-state index contributed by atoms with van der Waals surface area (Å²) in [5.41, 5.74) is 12.6. The van der Waals surface area contributed by atoms with Crippen LogP contribution in [0.25, 0.3) is 121 Å². The largest absolute Gasteiger partial charge is 0.248 e. The summed E-state index contributed by atoms with van der Waals surface area (Å²) in [6.07, 6.45) is 0. The van der Waals surface area contributed by atoms with Crippen LogP contribution >= 0.6 is 0 Å². The fraction of sp³-hybridized carbons (Fsp3) is 0. The van der Waals surface area contributed by atoms with Crippen molar-refractivity contribution in [2.75, 3.05) is 0 Å². The average Bonchev–Trinajstić information content (AvgIpc) is 3.35. The van der Waals surface area contributed by atoms with Gasteiger partial charge in [-0.25, -0.2) is 15.0 Å². The van der Waals surface area contributed by atoms with Gasteiger partial charge < -0.3 is 0 Å². The second kappa shape index (κ2) is 14.8. The highest BCUT2D eigenvalue weighted by Gasteiger charge is 2.18. The van der Waals surface area contributed by atoms with Gasteiger partial charge in [-0.2, -0.15) is 0 Å². The van der Waals surface area contributed by atoms with Gasteiger partial charge in [0.05, 0.1) is 22.6 Å². The van der Waals surface area contributed by atoms with Crippen LogP contribution in [0.1, 0.15) is 0 Å². The monoisotopic (exact) mass is 787 g/mol. The molecule has 2 heterocycles. The molecule has 0 fully saturated rings. The van der Waals surface area contributed by atoms with Crippen molar-refractivity contribution in [2.45, 2.75) is 0 Å². The Hall–Kier alpha value is -8.27. The minimum atomic E-state index is 0.697. The summed E-state index contributed by atoms with van der Waals surface area (Å²) < 4.78 is 0. The summed E-state index contributed by atoms with van der Waals surface area (Å²) >= 11 is 0. The Morgan fingerprint density at radius 2 is 0.726 bits per heavy atom. The lowest BCUT2D eigenvalue weighted by molar-refractivity contribution is 1.19. The molecular formula is C59H37N3. The van der Waals surface area contributed by atoms with Crippen molar-refractivity contribution >= 4 is 54.0 Å². The highest BCUT2D eigenvalue weighted by Crippen LogP contribution is 2.41. The van der Waals surface area contributed by atoms with Gasteiger partial charge in [0, 0.05) is 27.6 Å². The highest BCUT2D eigenvalue weighted by atomic mass is 14.9. The number of hydrogen-bond acceptors (Lipinski definition) is 3. The average molecular weight is 788 g/mol. The van der Waals surface area contributed by atoms with Crippen molar-refractivity contribution in [3.05, 3.63) is 224 Å². The highest BCUT2D eigenvalue weighted by molar-refractivity contribution is 6.14. The maximum atomic E-state index is 5.39. The molecule has 12 rings (SSSR count). The first kappa shape index (κ1) is 35.7. The van der Waals surface area contributed by atoms with E-state index in [-0.39, 0.29) is 0 Å². The molecule has 0 spiro atoms. The number of benzene rings is 10. The third kappa shape index (κ3) is 6.10. The van der Waals surface area contributed by atoms with Crippen LogP contribution in [0, 0.1) is 0 Å². The predicted molar refractivity (Wildman–Crippen MR) is 260 cm³/mol. The second-order valence-corrected chi connectivity index (χ2v) is 15.9. The molecule has 0 bridgehead atoms. The van der Waals surface area contributed by atoms with Crippen molar-refractivity contribution in [2.24, 2.45) is 0 Å². The van der Waals surface area contributed by atoms with Gasteiger partial charge in [-0.1, -0.05) is 200 Å². The first-order chi connectivity index (χ1) is 30.7. The van der Waals surface area contributed by atoms with Gasteiger partial charge >= 0.3 is 0 Å². The van der Waals surface area contributed by atoms with Gasteiger partial charge in [-0.05, 0) is 89.6 Å². The van der Waals surface area contributed by atoms with Gasteiger partial charge in [0.2, 0.25) is 0 Å². The van der Waals surface area contributed by atoms with Crippen molar-refractivity contribution in [3.8, 4) is 67.4 Å². The molecule has 0 unspecified atom stereocenters. The third-order valence-corrected chi connectivity index (χ3v) is 12.3. The van der Waals surface area contributed by atoms with Crippen molar-refractivity contribution in [3.63, 3.8) is 0 Å². The Morgan fingerprint density at radius 3 is 1.35 bits per heavy atom. The minimum absolute atomic E-state index is 0.697. The fourth-order valence-corrected chi connectivity index (χ4v) is 9.31. The fourth-order valence-electron chi connectivity index (χ4n) is 9.31. The molecule has 0 aliphatic heterocycles. The van der Waals surface area contributed by atoms with Crippen LogP contribution in [-0.2, 0) is 0 Å². The van der Waals surface area contributed by atoms with E-state index < -0.39 is 0 Å². The Bertz CT molecular complexity index is 3580. The molecule has 0 aliphatic carbocycles. The molecule has 62 heavy (non-hydrogen) atoms. The molecule has 0 radical (unpaired) electrons. The van der Waals surface area contributed by atoms with Crippen molar-refractivity contribution < 1.29 is 0 Å². The number of pyridine rings is 1. The van der Waals surface area contributed by atoms with E-state index in [0.29, 0.717) is 5.82 Å². The summed E-state index contributed by atoms with van der Waals surface area (Å²) in [6.45, 7) is 0. The van der Waals surface area contributed by atoms with Gasteiger partial charge in [-0.15, -0.1) is 0 Å². The van der Waals surface area contributed by atoms with E-state index in [4.69, 9.17) is 15.0 Å². The molecule has 0 saturated carbocycles. The zero-order valence-corrected chi connectivity index (χ0v) is 33.7. The lowest BCUT2D eigenvalue weighted by Crippen LogP contribution is -1.98. The molecule has 12 aromatic rings. The molecule has 0 saturated heterocycles. The van der Waals surface area contributed by atoms with Gasteiger partial charge in [0.1, 0.15) is 0 Å². The number of hydrogen-bond donors (Lipinski definition) is 0. The number of nitrogens with zero attached hydrogens (tertiary/aromatic N) is 3. The molecular weight excluding hydrogens is 751 g/mol. The first-order valence-corrected chi connectivity index (χ1v) is 21.1. The SMILES string of the molecule is c1ccc(-c2cc(-c3ccc(-c4ccc(-c5nc(-c6cccc7ccccc67)cc(-c6cccc7ccccc67)n5)c5ccccc45)cc3)c3c(ccc4ccccc43)n2)cc1. The first-order valence-electron chi connectivity index (χ1n) is 21.1. The normalized spacial score (nSPS) is 11.5. The molecule has 0 amide bonds. The summed E-state index contributed by atoms with van der Waals surface area (Å²) in [5, 5.41) is 10.5. The molecule has 10 aromatic carbocycles. The van der Waals surface area contributed by atoms with E-state index in [1.807, 2.05) is 6.07 Å². The Labute approximate surface area is 359 Å². The molecule has 0 aliphatic rings. The van der Waals surface area contributed by atoms with E-state index in [9.17, 15) is 0 Å². The lowest BCUT2D eigenvalue weighted by Gasteiger charge is -2.16. The van der Waals surface area contributed by atoms with Crippen LogP contribution in [0.5, 0.6) is 0 Å². The van der Waals surface area contributed by atoms with Crippen molar-refractivity contribution in [1.29, 1.82) is 0 Å². The summed E-state index contributed by atoms with van der Waals surface area (Å²) in [7, 11) is 0. The van der Waals surface area contributed by atoms with Crippen LogP contribution in [0.3, 0.4) is 0 Å². The molecule has 3 heteroatoms. The van der Waals surface area contributed by atoms with Crippen LogP contribution in [0.15, 0.2) is 224 Å². The second-order valence-electron chi connectivity index (χ2n) is 15.9. The summed E-state index contributed by atoms with van der Waals surface area (Å²) in [5.74, 6) is 0.697. The van der Waals surface area contributed by atoms with Crippen LogP contribution in [0.4, 0.5) is 0 Å². The molecule has 288 valence electrons. The van der Waals surface area contributed by atoms with Gasteiger partial charge in [0.25, 0.3) is 0 Å². The maximum Gasteiger partial charge on any atom is 0.161 e. The maximum absolute atomic E-state index is 5.39. The summed E-state index contributed by atoms with van der Waals surface area (Å²) in [6, 6.07) is 79.9. The topological polar surface area (TPSA) is 38.7 Å². The Balaban J connectivity index is 1.01. The van der Waals surface area contributed by atoms with Crippen LogP contribution in [-0.4, -0.2) is 15.0 Å². The van der Waals surface area contributed by atoms with Crippen LogP contribution < -0.4 is 0 Å². The molecule has 0 N–H and O–H groups in total. The van der Waals surface area contributed by atoms with E-state index in [1.54, 1.807) is 0 Å². The van der Waals surface area contributed by atoms with E-state index in [1.165, 1.54) is 32.5 Å². The Kier molecular flexibility index (Phi) is 8.50. The standard InChI is InChI=1S/C59H37N3/c1-2-17-43(18-3-1)55-36-53(58-47-23-9-6-16-40(47)32-35-54(58)60-55)42-30-28-41(29-31-42)46-33-34-52(49-25-11-10-24-48(46)49)59-61-56(50-26-12-19-38-14-4-7-21-44(38)50)37-57(62-59)51-27-13-20-39-15-5-8-22-45(39)51/h1-37H. The number of aromatic nitrogens is 3. The lowest BCUT2D eigenvalue weighted by atomic mass is 9.91. The Morgan fingerprint density at radius 1 is 0.242 bits per heavy atom. The molecule has 3 nitrogen and oxygen atoms in total. The van der Waals surface area contributed by atoms with Gasteiger partial charge in [-0.3, -0.25) is 0 Å². The number of fused-ring (bicyclic) bond motifs is 6. The zero-order valence-electron chi connectivity index (χ0n) is 33.7. The molecule has 2 aromatic heterocycles. The molecule has 0 atom stereocenters. The minimum Gasteiger partial charge on any atom is -0.248 e. The number of rotatable bonds is 6.